The van der Waals surface area contributed by atoms with E-state index in [4.69, 9.17) is 10.5 Å². The van der Waals surface area contributed by atoms with Crippen molar-refractivity contribution in [1.82, 2.24) is 0 Å². The molecule has 0 radical (unpaired) electrons. The summed E-state index contributed by atoms with van der Waals surface area (Å²) in [5.41, 5.74) is 5.90. The minimum absolute atomic E-state index is 0.00444. The molecule has 2 aromatic carbocycles. The lowest BCUT2D eigenvalue weighted by Gasteiger charge is -2.17. The molecule has 1 atom stereocenters. The minimum atomic E-state index is -1.07. The molecule has 0 aliphatic heterocycles. The predicted octanol–water partition coefficient (Wildman–Crippen LogP) is 3.16. The summed E-state index contributed by atoms with van der Waals surface area (Å²) in [4.78, 5) is 0. The van der Waals surface area contributed by atoms with E-state index >= 15 is 0 Å². The van der Waals surface area contributed by atoms with E-state index in [9.17, 15) is 13.2 Å². The number of benzene rings is 2. The van der Waals surface area contributed by atoms with E-state index in [0.717, 1.165) is 6.07 Å². The summed E-state index contributed by atoms with van der Waals surface area (Å²) in [6, 6.07) is 6.11. The molecule has 2 aromatic rings. The topological polar surface area (TPSA) is 35.2 Å². The Labute approximate surface area is 108 Å². The molecular weight excluding hydrogens is 255 g/mol. The van der Waals surface area contributed by atoms with Gasteiger partial charge >= 0.3 is 0 Å². The fourth-order valence-electron chi connectivity index (χ4n) is 1.91. The first kappa shape index (κ1) is 13.4. The lowest BCUT2D eigenvalue weighted by Crippen LogP contribution is -2.16. The highest BCUT2D eigenvalue weighted by atomic mass is 19.1. The highest BCUT2D eigenvalue weighted by Crippen LogP contribution is 2.31. The molecule has 2 rings (SSSR count). The largest absolute Gasteiger partial charge is 0.496 e. The van der Waals surface area contributed by atoms with Crippen molar-refractivity contribution in [3.05, 3.63) is 65.0 Å². The Kier molecular flexibility index (Phi) is 3.76. The Morgan fingerprint density at radius 2 is 1.79 bits per heavy atom. The summed E-state index contributed by atoms with van der Waals surface area (Å²) in [6.07, 6.45) is 0. The van der Waals surface area contributed by atoms with Crippen LogP contribution in [0.3, 0.4) is 0 Å². The van der Waals surface area contributed by atoms with Crippen LogP contribution in [0.5, 0.6) is 5.75 Å². The molecule has 0 spiro atoms. The van der Waals surface area contributed by atoms with Gasteiger partial charge in [0.2, 0.25) is 0 Å². The van der Waals surface area contributed by atoms with E-state index in [2.05, 4.69) is 0 Å². The van der Waals surface area contributed by atoms with E-state index in [1.165, 1.54) is 31.4 Å². The first-order chi connectivity index (χ1) is 9.04. The normalized spacial score (nSPS) is 12.3. The first-order valence-corrected chi connectivity index (χ1v) is 5.57. The average molecular weight is 267 g/mol. The molecule has 0 saturated heterocycles. The van der Waals surface area contributed by atoms with Gasteiger partial charge < -0.3 is 10.5 Å². The zero-order chi connectivity index (χ0) is 14.0. The maximum absolute atomic E-state index is 13.8. The van der Waals surface area contributed by atoms with Crippen LogP contribution in [-0.4, -0.2) is 7.11 Å². The summed E-state index contributed by atoms with van der Waals surface area (Å²) < 4.78 is 45.4. The van der Waals surface area contributed by atoms with Crippen LogP contribution >= 0.6 is 0 Å². The number of hydrogen-bond acceptors (Lipinski definition) is 2. The van der Waals surface area contributed by atoms with Crippen LogP contribution in [0.4, 0.5) is 13.2 Å². The maximum Gasteiger partial charge on any atom is 0.132 e. The van der Waals surface area contributed by atoms with Crippen molar-refractivity contribution >= 4 is 0 Å². The van der Waals surface area contributed by atoms with Crippen molar-refractivity contribution in [2.24, 2.45) is 5.73 Å². The van der Waals surface area contributed by atoms with Crippen molar-refractivity contribution in [2.75, 3.05) is 7.11 Å². The molecule has 2 nitrogen and oxygen atoms in total. The average Bonchev–Trinajstić information content (AvgIpc) is 2.37. The minimum Gasteiger partial charge on any atom is -0.496 e. The van der Waals surface area contributed by atoms with E-state index in [1.807, 2.05) is 0 Å². The molecule has 0 fully saturated rings. The van der Waals surface area contributed by atoms with Gasteiger partial charge in [0.05, 0.1) is 18.7 Å². The Hall–Kier alpha value is -2.01. The van der Waals surface area contributed by atoms with Gasteiger partial charge in [0.25, 0.3) is 0 Å². The molecule has 1 unspecified atom stereocenters. The molecule has 0 aliphatic carbocycles. The van der Waals surface area contributed by atoms with Crippen molar-refractivity contribution in [1.29, 1.82) is 0 Å². The van der Waals surface area contributed by atoms with Gasteiger partial charge in [-0.2, -0.15) is 0 Å². The van der Waals surface area contributed by atoms with Gasteiger partial charge in [-0.25, -0.2) is 13.2 Å². The number of nitrogens with two attached hydrogens (primary N) is 1. The zero-order valence-electron chi connectivity index (χ0n) is 10.2. The first-order valence-electron chi connectivity index (χ1n) is 5.57. The van der Waals surface area contributed by atoms with Gasteiger partial charge in [-0.1, -0.05) is 12.1 Å². The molecule has 2 N–H and O–H groups in total. The Morgan fingerprint density at radius 3 is 2.42 bits per heavy atom. The van der Waals surface area contributed by atoms with Crippen molar-refractivity contribution < 1.29 is 17.9 Å². The third kappa shape index (κ3) is 2.56. The van der Waals surface area contributed by atoms with Gasteiger partial charge in [-0.3, -0.25) is 0 Å². The predicted molar refractivity (Wildman–Crippen MR) is 65.3 cm³/mol. The number of rotatable bonds is 3. The summed E-state index contributed by atoms with van der Waals surface area (Å²) in [5, 5.41) is 0. The van der Waals surface area contributed by atoms with Crippen LogP contribution < -0.4 is 10.5 Å². The van der Waals surface area contributed by atoms with Gasteiger partial charge in [0, 0.05) is 11.6 Å². The van der Waals surface area contributed by atoms with E-state index in [0.29, 0.717) is 6.07 Å². The molecule has 0 bridgehead atoms. The second-order valence-electron chi connectivity index (χ2n) is 4.00. The van der Waals surface area contributed by atoms with E-state index < -0.39 is 23.5 Å². The fraction of sp³-hybridized carbons (Fsp3) is 0.143. The molecule has 0 aromatic heterocycles. The molecule has 5 heteroatoms. The summed E-state index contributed by atoms with van der Waals surface area (Å²) >= 11 is 0. The van der Waals surface area contributed by atoms with Crippen LogP contribution in [0, 0.1) is 17.5 Å². The van der Waals surface area contributed by atoms with Crippen LogP contribution in [0.15, 0.2) is 36.4 Å². The third-order valence-corrected chi connectivity index (χ3v) is 2.84. The Morgan fingerprint density at radius 1 is 1.05 bits per heavy atom. The number of hydrogen-bond donors (Lipinski definition) is 1. The molecule has 0 heterocycles. The van der Waals surface area contributed by atoms with Crippen LogP contribution in [0.1, 0.15) is 17.2 Å². The van der Waals surface area contributed by atoms with Crippen LogP contribution in [0.25, 0.3) is 0 Å². The van der Waals surface area contributed by atoms with E-state index in [-0.39, 0.29) is 16.9 Å². The fourth-order valence-corrected chi connectivity index (χ4v) is 1.91. The number of halogens is 3. The van der Waals surface area contributed by atoms with Crippen molar-refractivity contribution in [2.45, 2.75) is 6.04 Å². The van der Waals surface area contributed by atoms with Crippen molar-refractivity contribution in [3.63, 3.8) is 0 Å². The second kappa shape index (κ2) is 5.32. The van der Waals surface area contributed by atoms with Gasteiger partial charge in [0.1, 0.15) is 23.2 Å². The second-order valence-corrected chi connectivity index (χ2v) is 4.00. The lowest BCUT2D eigenvalue weighted by molar-refractivity contribution is 0.401. The molecular formula is C14H12F3NO. The Balaban J connectivity index is 2.52. The summed E-state index contributed by atoms with van der Waals surface area (Å²) in [5.74, 6) is -1.92. The lowest BCUT2D eigenvalue weighted by atomic mass is 9.97. The van der Waals surface area contributed by atoms with Gasteiger partial charge in [-0.05, 0) is 18.2 Å². The van der Waals surface area contributed by atoms with Gasteiger partial charge in [-0.15, -0.1) is 0 Å². The van der Waals surface area contributed by atoms with Crippen molar-refractivity contribution in [3.8, 4) is 5.75 Å². The highest BCUT2D eigenvalue weighted by molar-refractivity contribution is 5.42. The van der Waals surface area contributed by atoms with Crippen LogP contribution in [0.2, 0.25) is 0 Å². The molecule has 19 heavy (non-hydrogen) atoms. The number of methoxy groups -OCH3 is 1. The molecule has 100 valence electrons. The SMILES string of the molecule is COc1cccc(F)c1C(N)c1ccc(F)cc1F. The molecule has 0 aliphatic rings. The molecule has 0 saturated carbocycles. The highest BCUT2D eigenvalue weighted by Gasteiger charge is 2.21. The monoisotopic (exact) mass is 267 g/mol. The maximum atomic E-state index is 13.8. The van der Waals surface area contributed by atoms with E-state index in [1.54, 1.807) is 0 Å². The smallest absolute Gasteiger partial charge is 0.132 e. The summed E-state index contributed by atoms with van der Waals surface area (Å²) in [7, 11) is 1.37. The third-order valence-electron chi connectivity index (χ3n) is 2.84. The zero-order valence-corrected chi connectivity index (χ0v) is 10.2. The Bertz CT molecular complexity index is 601. The standard InChI is InChI=1S/C14H12F3NO/c1-19-12-4-2-3-10(16)13(12)14(18)9-6-5-8(15)7-11(9)17/h2-7,14H,18H2,1H3. The molecule has 0 amide bonds. The van der Waals surface area contributed by atoms with Crippen LogP contribution in [-0.2, 0) is 0 Å². The summed E-state index contributed by atoms with van der Waals surface area (Å²) in [6.45, 7) is 0. The van der Waals surface area contributed by atoms with Gasteiger partial charge in [0.15, 0.2) is 0 Å². The quantitative estimate of drug-likeness (QED) is 0.927. The number of ether oxygens (including phenoxy) is 1.